The lowest BCUT2D eigenvalue weighted by Crippen LogP contribution is -2.59. The Kier molecular flexibility index (Phi) is 4.59. The summed E-state index contributed by atoms with van der Waals surface area (Å²) < 4.78 is 9.55. The van der Waals surface area contributed by atoms with Gasteiger partial charge in [0.1, 0.15) is 31.0 Å². The van der Waals surface area contributed by atoms with Crippen molar-refractivity contribution in [3.05, 3.63) is 0 Å². The molecular formula is C8H15NO7. The van der Waals surface area contributed by atoms with Gasteiger partial charge in [0, 0.05) is 0 Å². The maximum atomic E-state index is 10.5. The predicted molar refractivity (Wildman–Crippen MR) is 48.9 cm³/mol. The molecule has 0 aliphatic carbocycles. The molecule has 6 N–H and O–H groups in total. The summed E-state index contributed by atoms with van der Waals surface area (Å²) in [5, 5.41) is 37.1. The first kappa shape index (κ1) is 13.3. The molecule has 1 aliphatic heterocycles. The maximum Gasteiger partial charge on any atom is 0.243 e. The first-order valence-electron chi connectivity index (χ1n) is 4.67. The topological polar surface area (TPSA) is 142 Å². The van der Waals surface area contributed by atoms with Crippen LogP contribution >= 0.6 is 0 Å². The first-order valence-corrected chi connectivity index (χ1v) is 4.67. The van der Waals surface area contributed by atoms with E-state index < -0.39 is 49.8 Å². The van der Waals surface area contributed by atoms with E-state index in [0.717, 1.165) is 0 Å². The summed E-state index contributed by atoms with van der Waals surface area (Å²) in [5.74, 6) is -0.777. The summed E-state index contributed by atoms with van der Waals surface area (Å²) >= 11 is 0. The van der Waals surface area contributed by atoms with Crippen LogP contribution in [0.15, 0.2) is 0 Å². The van der Waals surface area contributed by atoms with Crippen LogP contribution in [-0.4, -0.2) is 70.3 Å². The molecule has 1 saturated heterocycles. The fourth-order valence-electron chi connectivity index (χ4n) is 1.44. The molecule has 94 valence electrons. The molecule has 1 rings (SSSR count). The van der Waals surface area contributed by atoms with Crippen molar-refractivity contribution in [3.63, 3.8) is 0 Å². The van der Waals surface area contributed by atoms with E-state index in [1.54, 1.807) is 0 Å². The Bertz CT molecular complexity index is 249. The molecule has 0 saturated carbocycles. The van der Waals surface area contributed by atoms with Gasteiger partial charge >= 0.3 is 0 Å². The van der Waals surface area contributed by atoms with Gasteiger partial charge in [0.05, 0.1) is 6.61 Å². The van der Waals surface area contributed by atoms with Gasteiger partial charge in [-0.1, -0.05) is 0 Å². The maximum absolute atomic E-state index is 10.5. The van der Waals surface area contributed by atoms with E-state index in [4.69, 9.17) is 20.3 Å². The lowest BCUT2D eigenvalue weighted by molar-refractivity contribution is -0.293. The van der Waals surface area contributed by atoms with E-state index in [1.165, 1.54) is 0 Å². The number of amides is 1. The number of rotatable bonds is 4. The Labute approximate surface area is 91.2 Å². The smallest absolute Gasteiger partial charge is 0.243 e. The van der Waals surface area contributed by atoms with Crippen molar-refractivity contribution in [3.8, 4) is 0 Å². The minimum absolute atomic E-state index is 0.510. The Morgan fingerprint density at radius 2 is 1.94 bits per heavy atom. The van der Waals surface area contributed by atoms with Gasteiger partial charge in [0.15, 0.2) is 6.29 Å². The number of primary amides is 1. The van der Waals surface area contributed by atoms with Gasteiger partial charge in [0.2, 0.25) is 5.91 Å². The summed E-state index contributed by atoms with van der Waals surface area (Å²) in [6.07, 6.45) is -6.80. The molecule has 1 aliphatic rings. The zero-order chi connectivity index (χ0) is 12.3. The van der Waals surface area contributed by atoms with E-state index in [-0.39, 0.29) is 0 Å². The average molecular weight is 237 g/mol. The average Bonchev–Trinajstić information content (AvgIpc) is 2.23. The number of ether oxygens (including phenoxy) is 2. The molecule has 0 spiro atoms. The summed E-state index contributed by atoms with van der Waals surface area (Å²) in [7, 11) is 0. The molecule has 0 aromatic heterocycles. The zero-order valence-corrected chi connectivity index (χ0v) is 8.39. The fourth-order valence-corrected chi connectivity index (χ4v) is 1.44. The minimum Gasteiger partial charge on any atom is -0.394 e. The molecule has 8 heteroatoms. The van der Waals surface area contributed by atoms with Crippen molar-refractivity contribution in [2.75, 3.05) is 13.2 Å². The number of carbonyl (C=O) groups is 1. The van der Waals surface area contributed by atoms with Gasteiger partial charge in [-0.2, -0.15) is 0 Å². The summed E-state index contributed by atoms with van der Waals surface area (Å²) in [6, 6.07) is 0. The lowest BCUT2D eigenvalue weighted by atomic mass is 9.99. The van der Waals surface area contributed by atoms with Gasteiger partial charge in [-0.3, -0.25) is 4.79 Å². The number of hydrogen-bond acceptors (Lipinski definition) is 7. The van der Waals surface area contributed by atoms with E-state index in [0.29, 0.717) is 0 Å². The Balaban J connectivity index is 2.65. The number of nitrogens with two attached hydrogens (primary N) is 1. The Morgan fingerprint density at radius 3 is 2.44 bits per heavy atom. The molecule has 0 unspecified atom stereocenters. The van der Waals surface area contributed by atoms with Crippen LogP contribution < -0.4 is 5.73 Å². The van der Waals surface area contributed by atoms with Crippen LogP contribution in [0.4, 0.5) is 0 Å². The van der Waals surface area contributed by atoms with Gasteiger partial charge in [-0.15, -0.1) is 0 Å². The number of hydrogen-bond donors (Lipinski definition) is 5. The molecule has 1 heterocycles. The predicted octanol–water partition coefficient (Wildman–Crippen LogP) is -3.71. The SMILES string of the molecule is NC(=O)CO[C@@H]1[C@@H](O)[C@H](O)O[C@H](CO)[C@@H]1O. The molecule has 0 aromatic carbocycles. The van der Waals surface area contributed by atoms with Crippen LogP contribution in [-0.2, 0) is 14.3 Å². The van der Waals surface area contributed by atoms with Gasteiger partial charge in [-0.05, 0) is 0 Å². The second-order valence-corrected chi connectivity index (χ2v) is 3.47. The first-order chi connectivity index (χ1) is 7.47. The van der Waals surface area contributed by atoms with Crippen LogP contribution in [0.1, 0.15) is 0 Å². The highest BCUT2D eigenvalue weighted by atomic mass is 16.6. The highest BCUT2D eigenvalue weighted by Crippen LogP contribution is 2.21. The molecule has 5 atom stereocenters. The normalized spacial score (nSPS) is 39.6. The Morgan fingerprint density at radius 1 is 1.31 bits per heavy atom. The van der Waals surface area contributed by atoms with Gasteiger partial charge < -0.3 is 35.6 Å². The highest BCUT2D eigenvalue weighted by Gasteiger charge is 2.44. The quantitative estimate of drug-likeness (QED) is 0.338. The van der Waals surface area contributed by atoms with Crippen LogP contribution in [0.3, 0.4) is 0 Å². The molecular weight excluding hydrogens is 222 g/mol. The summed E-state index contributed by atoms with van der Waals surface area (Å²) in [6.45, 7) is -1.06. The summed E-state index contributed by atoms with van der Waals surface area (Å²) in [5.41, 5.74) is 4.83. The van der Waals surface area contributed by atoms with Crippen molar-refractivity contribution in [1.29, 1.82) is 0 Å². The zero-order valence-electron chi connectivity index (χ0n) is 8.39. The lowest BCUT2D eigenvalue weighted by Gasteiger charge is -2.39. The summed E-state index contributed by atoms with van der Waals surface area (Å²) in [4.78, 5) is 10.5. The largest absolute Gasteiger partial charge is 0.394 e. The van der Waals surface area contributed by atoms with E-state index in [9.17, 15) is 20.1 Å². The monoisotopic (exact) mass is 237 g/mol. The van der Waals surface area contributed by atoms with Crippen LogP contribution in [0.25, 0.3) is 0 Å². The van der Waals surface area contributed by atoms with Gasteiger partial charge in [-0.25, -0.2) is 0 Å². The number of aliphatic hydroxyl groups is 4. The highest BCUT2D eigenvalue weighted by molar-refractivity contribution is 5.75. The molecule has 0 aromatic rings. The Hall–Kier alpha value is -0.770. The van der Waals surface area contributed by atoms with E-state index in [1.807, 2.05) is 0 Å². The third-order valence-corrected chi connectivity index (χ3v) is 2.26. The van der Waals surface area contributed by atoms with Crippen LogP contribution in [0.2, 0.25) is 0 Å². The van der Waals surface area contributed by atoms with Crippen molar-refractivity contribution in [2.45, 2.75) is 30.7 Å². The van der Waals surface area contributed by atoms with Crippen molar-refractivity contribution < 1.29 is 34.7 Å². The third-order valence-electron chi connectivity index (χ3n) is 2.26. The minimum atomic E-state index is -1.60. The number of aliphatic hydroxyl groups excluding tert-OH is 4. The molecule has 0 radical (unpaired) electrons. The van der Waals surface area contributed by atoms with Gasteiger partial charge in [0.25, 0.3) is 0 Å². The molecule has 1 amide bonds. The van der Waals surface area contributed by atoms with Crippen molar-refractivity contribution in [1.82, 2.24) is 0 Å². The second kappa shape index (κ2) is 5.53. The van der Waals surface area contributed by atoms with Crippen LogP contribution in [0, 0.1) is 0 Å². The molecule has 0 bridgehead atoms. The van der Waals surface area contributed by atoms with Crippen molar-refractivity contribution >= 4 is 5.91 Å². The van der Waals surface area contributed by atoms with E-state index >= 15 is 0 Å². The van der Waals surface area contributed by atoms with E-state index in [2.05, 4.69) is 0 Å². The molecule has 16 heavy (non-hydrogen) atoms. The third kappa shape index (κ3) is 2.88. The fraction of sp³-hybridized carbons (Fsp3) is 0.875. The van der Waals surface area contributed by atoms with Crippen molar-refractivity contribution in [2.24, 2.45) is 5.73 Å². The van der Waals surface area contributed by atoms with Crippen LogP contribution in [0.5, 0.6) is 0 Å². The number of carbonyl (C=O) groups excluding carboxylic acids is 1. The second-order valence-electron chi connectivity index (χ2n) is 3.47. The molecule has 1 fully saturated rings. The molecule has 8 nitrogen and oxygen atoms in total. The standard InChI is InChI=1S/C8H15NO7/c9-4(11)2-15-7-5(12)3(1-10)16-8(14)6(7)13/h3,5-8,10,12-14H,1-2H2,(H2,9,11)/t3-,5+,6-,7+,8-/m1/s1.